The molecule has 15 heavy (non-hydrogen) atoms. The van der Waals surface area contributed by atoms with Crippen LogP contribution in [0, 0.1) is 5.92 Å². The second kappa shape index (κ2) is 5.28. The van der Waals surface area contributed by atoms with E-state index in [4.69, 9.17) is 10.5 Å². The summed E-state index contributed by atoms with van der Waals surface area (Å²) < 4.78 is 5.39. The van der Waals surface area contributed by atoms with Gasteiger partial charge in [0.15, 0.2) is 0 Å². The van der Waals surface area contributed by atoms with Crippen LogP contribution in [0.5, 0.6) is 0 Å². The maximum atomic E-state index is 5.87. The molecule has 0 bridgehead atoms. The second-order valence-electron chi connectivity index (χ2n) is 5.11. The fourth-order valence-electron chi connectivity index (χ4n) is 2.37. The zero-order valence-corrected chi connectivity index (χ0v) is 9.63. The van der Waals surface area contributed by atoms with Crippen molar-refractivity contribution in [1.82, 2.24) is 5.32 Å². The smallest absolute Gasteiger partial charge is 0.0484 e. The lowest BCUT2D eigenvalue weighted by Crippen LogP contribution is -2.54. The van der Waals surface area contributed by atoms with Gasteiger partial charge in [0, 0.05) is 25.3 Å². The summed E-state index contributed by atoms with van der Waals surface area (Å²) in [7, 11) is 0. The second-order valence-corrected chi connectivity index (χ2v) is 5.11. The third-order valence-corrected chi connectivity index (χ3v) is 3.83. The third-order valence-electron chi connectivity index (χ3n) is 3.83. The van der Waals surface area contributed by atoms with Crippen molar-refractivity contribution in [3.05, 3.63) is 0 Å². The van der Waals surface area contributed by atoms with E-state index in [9.17, 15) is 0 Å². The summed E-state index contributed by atoms with van der Waals surface area (Å²) in [4.78, 5) is 0. The molecule has 1 aliphatic heterocycles. The highest BCUT2D eigenvalue weighted by Gasteiger charge is 2.30. The van der Waals surface area contributed by atoms with E-state index in [0.717, 1.165) is 45.1 Å². The minimum absolute atomic E-state index is 0.182. The van der Waals surface area contributed by atoms with Gasteiger partial charge in [-0.3, -0.25) is 0 Å². The van der Waals surface area contributed by atoms with E-state index < -0.39 is 0 Å². The predicted molar refractivity (Wildman–Crippen MR) is 61.8 cm³/mol. The summed E-state index contributed by atoms with van der Waals surface area (Å²) in [5, 5.41) is 3.66. The van der Waals surface area contributed by atoms with Crippen LogP contribution in [-0.2, 0) is 4.74 Å². The highest BCUT2D eigenvalue weighted by Crippen LogP contribution is 2.33. The van der Waals surface area contributed by atoms with E-state index in [0.29, 0.717) is 0 Å². The van der Waals surface area contributed by atoms with Crippen LogP contribution in [0.4, 0.5) is 0 Å². The van der Waals surface area contributed by atoms with Gasteiger partial charge in [0.2, 0.25) is 0 Å². The van der Waals surface area contributed by atoms with Gasteiger partial charge in [0.1, 0.15) is 0 Å². The van der Waals surface area contributed by atoms with Crippen LogP contribution in [0.3, 0.4) is 0 Å². The molecule has 3 N–H and O–H groups in total. The molecule has 1 heterocycles. The fraction of sp³-hybridized carbons (Fsp3) is 1.00. The van der Waals surface area contributed by atoms with E-state index in [1.54, 1.807) is 0 Å². The Labute approximate surface area is 92.7 Å². The molecule has 0 aromatic carbocycles. The maximum Gasteiger partial charge on any atom is 0.0484 e. The number of hydrogen-bond donors (Lipinski definition) is 2. The number of hydrogen-bond acceptors (Lipinski definition) is 3. The van der Waals surface area contributed by atoms with Gasteiger partial charge in [-0.05, 0) is 38.1 Å². The van der Waals surface area contributed by atoms with Crippen LogP contribution in [0.25, 0.3) is 0 Å². The number of ether oxygens (including phenoxy) is 1. The Hall–Kier alpha value is -0.120. The quantitative estimate of drug-likeness (QED) is 0.652. The van der Waals surface area contributed by atoms with Gasteiger partial charge in [-0.25, -0.2) is 0 Å². The van der Waals surface area contributed by atoms with E-state index >= 15 is 0 Å². The van der Waals surface area contributed by atoms with Crippen molar-refractivity contribution in [3.8, 4) is 0 Å². The minimum atomic E-state index is 0.182. The Morgan fingerprint density at radius 1 is 1.27 bits per heavy atom. The molecule has 3 nitrogen and oxygen atoms in total. The molecule has 1 saturated heterocycles. The van der Waals surface area contributed by atoms with E-state index in [1.165, 1.54) is 25.7 Å². The monoisotopic (exact) mass is 212 g/mol. The highest BCUT2D eigenvalue weighted by molar-refractivity contribution is 4.91. The van der Waals surface area contributed by atoms with Gasteiger partial charge < -0.3 is 15.8 Å². The van der Waals surface area contributed by atoms with Crippen LogP contribution in [0.2, 0.25) is 0 Å². The Balaban J connectivity index is 1.64. The van der Waals surface area contributed by atoms with Crippen molar-refractivity contribution < 1.29 is 4.74 Å². The first kappa shape index (κ1) is 11.4. The number of rotatable bonds is 6. The molecule has 0 atom stereocenters. The molecule has 0 radical (unpaired) electrons. The number of nitrogens with one attached hydrogen (secondary N) is 1. The summed E-state index contributed by atoms with van der Waals surface area (Å²) >= 11 is 0. The predicted octanol–water partition coefficient (Wildman–Crippen LogP) is 1.27. The van der Waals surface area contributed by atoms with E-state index in [2.05, 4.69) is 5.32 Å². The SMILES string of the molecule is NCC1(NCCCC2CC2)CCOCC1. The molecule has 2 aliphatic rings. The molecule has 3 heteroatoms. The fourth-order valence-corrected chi connectivity index (χ4v) is 2.37. The largest absolute Gasteiger partial charge is 0.381 e. The Morgan fingerprint density at radius 3 is 2.60 bits per heavy atom. The summed E-state index contributed by atoms with van der Waals surface area (Å²) in [6.45, 7) is 3.62. The molecule has 1 aliphatic carbocycles. The molecule has 0 unspecified atom stereocenters. The Morgan fingerprint density at radius 2 is 2.00 bits per heavy atom. The van der Waals surface area contributed by atoms with Crippen LogP contribution in [-0.4, -0.2) is 31.8 Å². The number of nitrogens with two attached hydrogens (primary N) is 1. The molecule has 0 aromatic heterocycles. The lowest BCUT2D eigenvalue weighted by Gasteiger charge is -2.37. The molecule has 88 valence electrons. The van der Waals surface area contributed by atoms with E-state index in [-0.39, 0.29) is 5.54 Å². The zero-order chi connectivity index (χ0) is 10.6. The Bertz CT molecular complexity index is 186. The lowest BCUT2D eigenvalue weighted by atomic mass is 9.90. The van der Waals surface area contributed by atoms with Gasteiger partial charge >= 0.3 is 0 Å². The summed E-state index contributed by atoms with van der Waals surface area (Å²) in [6.07, 6.45) is 7.81. The molecule has 0 amide bonds. The molecular formula is C12H24N2O. The van der Waals surface area contributed by atoms with Crippen molar-refractivity contribution in [2.45, 2.75) is 44.1 Å². The van der Waals surface area contributed by atoms with Crippen LogP contribution >= 0.6 is 0 Å². The molecule has 2 fully saturated rings. The van der Waals surface area contributed by atoms with Gasteiger partial charge in [-0.2, -0.15) is 0 Å². The standard InChI is InChI=1S/C12H24N2O/c13-10-12(5-8-15-9-6-12)14-7-1-2-11-3-4-11/h11,14H,1-10,13H2. The van der Waals surface area contributed by atoms with Gasteiger partial charge in [-0.15, -0.1) is 0 Å². The first-order chi connectivity index (χ1) is 7.35. The normalized spacial score (nSPS) is 25.4. The lowest BCUT2D eigenvalue weighted by molar-refractivity contribution is 0.0414. The van der Waals surface area contributed by atoms with Crippen molar-refractivity contribution in [2.75, 3.05) is 26.3 Å². The van der Waals surface area contributed by atoms with Crippen LogP contribution in [0.1, 0.15) is 38.5 Å². The van der Waals surface area contributed by atoms with Crippen LogP contribution < -0.4 is 11.1 Å². The van der Waals surface area contributed by atoms with E-state index in [1.807, 2.05) is 0 Å². The average Bonchev–Trinajstić information content (AvgIpc) is 3.10. The molecule has 0 aromatic rings. The average molecular weight is 212 g/mol. The molecular weight excluding hydrogens is 188 g/mol. The van der Waals surface area contributed by atoms with Crippen molar-refractivity contribution in [2.24, 2.45) is 11.7 Å². The Kier molecular flexibility index (Phi) is 4.00. The van der Waals surface area contributed by atoms with Gasteiger partial charge in [-0.1, -0.05) is 12.8 Å². The topological polar surface area (TPSA) is 47.3 Å². The van der Waals surface area contributed by atoms with Crippen LogP contribution in [0.15, 0.2) is 0 Å². The minimum Gasteiger partial charge on any atom is -0.381 e. The molecule has 1 saturated carbocycles. The van der Waals surface area contributed by atoms with Crippen molar-refractivity contribution in [3.63, 3.8) is 0 Å². The first-order valence-electron chi connectivity index (χ1n) is 6.37. The van der Waals surface area contributed by atoms with Crippen molar-refractivity contribution in [1.29, 1.82) is 0 Å². The first-order valence-corrected chi connectivity index (χ1v) is 6.37. The maximum absolute atomic E-state index is 5.87. The third kappa shape index (κ3) is 3.44. The van der Waals surface area contributed by atoms with Gasteiger partial charge in [0.05, 0.1) is 0 Å². The highest BCUT2D eigenvalue weighted by atomic mass is 16.5. The summed E-state index contributed by atoms with van der Waals surface area (Å²) in [5.41, 5.74) is 6.06. The summed E-state index contributed by atoms with van der Waals surface area (Å²) in [6, 6.07) is 0. The van der Waals surface area contributed by atoms with Crippen molar-refractivity contribution >= 4 is 0 Å². The zero-order valence-electron chi connectivity index (χ0n) is 9.63. The molecule has 0 spiro atoms. The van der Waals surface area contributed by atoms with Gasteiger partial charge in [0.25, 0.3) is 0 Å². The summed E-state index contributed by atoms with van der Waals surface area (Å²) in [5.74, 6) is 1.05. The molecule has 2 rings (SSSR count).